The molecule has 2 N–H and O–H groups in total. The molecule has 2 rings (SSSR count). The number of nitrogens with one attached hydrogen (secondary N) is 2. The molecule has 1 saturated heterocycles. The van der Waals surface area contributed by atoms with Crippen molar-refractivity contribution in [3.8, 4) is 0 Å². The van der Waals surface area contributed by atoms with Crippen LogP contribution in [0.25, 0.3) is 0 Å². The molecule has 16 heavy (non-hydrogen) atoms. The maximum absolute atomic E-state index is 13.6. The smallest absolute Gasteiger partial charge is 0.130 e. The van der Waals surface area contributed by atoms with Crippen LogP contribution in [0.2, 0.25) is 0 Å². The monoisotopic (exact) mass is 226 g/mol. The average molecular weight is 226 g/mol. The third-order valence-electron chi connectivity index (χ3n) is 3.18. The second-order valence-electron chi connectivity index (χ2n) is 4.19. The van der Waals surface area contributed by atoms with Gasteiger partial charge in [-0.15, -0.1) is 0 Å². The first-order valence-electron chi connectivity index (χ1n) is 5.55. The first kappa shape index (κ1) is 11.5. The molecule has 0 saturated carbocycles. The van der Waals surface area contributed by atoms with Crippen LogP contribution in [0.5, 0.6) is 0 Å². The maximum atomic E-state index is 13.6. The summed E-state index contributed by atoms with van der Waals surface area (Å²) in [7, 11) is 1.81. The van der Waals surface area contributed by atoms with Crippen LogP contribution in [0, 0.1) is 17.6 Å². The zero-order valence-corrected chi connectivity index (χ0v) is 9.26. The molecule has 1 aliphatic rings. The van der Waals surface area contributed by atoms with Crippen LogP contribution >= 0.6 is 0 Å². The topological polar surface area (TPSA) is 24.1 Å². The number of halogens is 2. The van der Waals surface area contributed by atoms with Gasteiger partial charge in [-0.3, -0.25) is 0 Å². The summed E-state index contributed by atoms with van der Waals surface area (Å²) in [4.78, 5) is 0. The lowest BCUT2D eigenvalue weighted by Gasteiger charge is -2.23. The Bertz CT molecular complexity index is 362. The van der Waals surface area contributed by atoms with Gasteiger partial charge in [0.25, 0.3) is 0 Å². The van der Waals surface area contributed by atoms with Crippen LogP contribution in [0.3, 0.4) is 0 Å². The lowest BCUT2D eigenvalue weighted by molar-refractivity contribution is 0.394. The van der Waals surface area contributed by atoms with E-state index in [0.717, 1.165) is 25.6 Å². The van der Waals surface area contributed by atoms with E-state index >= 15 is 0 Å². The lowest BCUT2D eigenvalue weighted by Crippen LogP contribution is -2.27. The van der Waals surface area contributed by atoms with Gasteiger partial charge in [0.1, 0.15) is 11.6 Å². The van der Waals surface area contributed by atoms with Crippen LogP contribution in [0.4, 0.5) is 8.78 Å². The zero-order valence-electron chi connectivity index (χ0n) is 9.26. The Labute approximate surface area is 94.0 Å². The molecule has 1 aromatic carbocycles. The maximum Gasteiger partial charge on any atom is 0.130 e. The summed E-state index contributed by atoms with van der Waals surface area (Å²) in [5.74, 6) is -0.628. The van der Waals surface area contributed by atoms with E-state index in [1.165, 1.54) is 12.1 Å². The van der Waals surface area contributed by atoms with Gasteiger partial charge in [-0.05, 0) is 38.5 Å². The van der Waals surface area contributed by atoms with E-state index in [2.05, 4.69) is 10.6 Å². The highest BCUT2D eigenvalue weighted by atomic mass is 19.1. The minimum absolute atomic E-state index is 0.0457. The molecule has 1 fully saturated rings. The van der Waals surface area contributed by atoms with E-state index in [9.17, 15) is 8.78 Å². The molecule has 1 aliphatic heterocycles. The molecule has 4 heteroatoms. The van der Waals surface area contributed by atoms with Crippen molar-refractivity contribution >= 4 is 0 Å². The van der Waals surface area contributed by atoms with Gasteiger partial charge in [-0.1, -0.05) is 6.07 Å². The highest BCUT2D eigenvalue weighted by molar-refractivity contribution is 5.23. The Hall–Kier alpha value is -1.00. The van der Waals surface area contributed by atoms with Crippen molar-refractivity contribution in [2.45, 2.75) is 12.5 Å². The Kier molecular flexibility index (Phi) is 3.51. The Balaban J connectivity index is 2.25. The summed E-state index contributed by atoms with van der Waals surface area (Å²) in [5.41, 5.74) is 0.553. The van der Waals surface area contributed by atoms with Gasteiger partial charge in [0.05, 0.1) is 0 Å². The molecule has 2 unspecified atom stereocenters. The Morgan fingerprint density at radius 1 is 1.44 bits per heavy atom. The SMILES string of the molecule is CNC(c1ccc(F)cc1F)C1CCNC1. The van der Waals surface area contributed by atoms with E-state index in [1.54, 1.807) is 0 Å². The average Bonchev–Trinajstić information content (AvgIpc) is 2.75. The molecule has 0 aliphatic carbocycles. The molecule has 0 amide bonds. The number of benzene rings is 1. The van der Waals surface area contributed by atoms with Gasteiger partial charge >= 0.3 is 0 Å². The van der Waals surface area contributed by atoms with Crippen molar-refractivity contribution in [2.75, 3.05) is 20.1 Å². The molecule has 2 atom stereocenters. The van der Waals surface area contributed by atoms with Gasteiger partial charge < -0.3 is 10.6 Å². The fourth-order valence-electron chi connectivity index (χ4n) is 2.36. The van der Waals surface area contributed by atoms with Crippen LogP contribution < -0.4 is 10.6 Å². The Morgan fingerprint density at radius 2 is 2.25 bits per heavy atom. The summed E-state index contributed by atoms with van der Waals surface area (Å²) in [6.07, 6.45) is 1.02. The zero-order chi connectivity index (χ0) is 11.5. The van der Waals surface area contributed by atoms with Gasteiger partial charge in [0.2, 0.25) is 0 Å². The largest absolute Gasteiger partial charge is 0.316 e. The minimum atomic E-state index is -0.527. The quantitative estimate of drug-likeness (QED) is 0.821. The van der Waals surface area contributed by atoms with Crippen molar-refractivity contribution in [1.82, 2.24) is 10.6 Å². The highest BCUT2D eigenvalue weighted by Gasteiger charge is 2.26. The van der Waals surface area contributed by atoms with Crippen LogP contribution in [-0.4, -0.2) is 20.1 Å². The summed E-state index contributed by atoms with van der Waals surface area (Å²) < 4.78 is 26.5. The lowest BCUT2D eigenvalue weighted by atomic mass is 9.92. The number of rotatable bonds is 3. The van der Waals surface area contributed by atoms with Gasteiger partial charge in [-0.25, -0.2) is 8.78 Å². The predicted octanol–water partition coefficient (Wildman–Crippen LogP) is 1.83. The van der Waals surface area contributed by atoms with E-state index in [1.807, 2.05) is 7.05 Å². The third kappa shape index (κ3) is 2.23. The molecule has 0 spiro atoms. The fourth-order valence-corrected chi connectivity index (χ4v) is 2.36. The minimum Gasteiger partial charge on any atom is -0.316 e. The van der Waals surface area contributed by atoms with Gasteiger partial charge in [-0.2, -0.15) is 0 Å². The van der Waals surface area contributed by atoms with E-state index < -0.39 is 11.6 Å². The van der Waals surface area contributed by atoms with Crippen LogP contribution in [0.1, 0.15) is 18.0 Å². The van der Waals surface area contributed by atoms with E-state index in [4.69, 9.17) is 0 Å². The van der Waals surface area contributed by atoms with Crippen molar-refractivity contribution in [3.05, 3.63) is 35.4 Å². The summed E-state index contributed by atoms with van der Waals surface area (Å²) in [5, 5.41) is 6.37. The van der Waals surface area contributed by atoms with E-state index in [0.29, 0.717) is 11.5 Å². The number of hydrogen-bond acceptors (Lipinski definition) is 2. The summed E-state index contributed by atoms with van der Waals surface area (Å²) in [6.45, 7) is 1.84. The van der Waals surface area contributed by atoms with Crippen LogP contribution in [-0.2, 0) is 0 Å². The standard InChI is InChI=1S/C12H16F2N2/c1-15-12(8-4-5-16-7-8)10-3-2-9(13)6-11(10)14/h2-3,6,8,12,15-16H,4-5,7H2,1H3. The number of hydrogen-bond donors (Lipinski definition) is 2. The van der Waals surface area contributed by atoms with Crippen molar-refractivity contribution < 1.29 is 8.78 Å². The van der Waals surface area contributed by atoms with E-state index in [-0.39, 0.29) is 6.04 Å². The first-order valence-corrected chi connectivity index (χ1v) is 5.55. The normalized spacial score (nSPS) is 22.3. The molecule has 0 bridgehead atoms. The van der Waals surface area contributed by atoms with Crippen molar-refractivity contribution in [2.24, 2.45) is 5.92 Å². The summed E-state index contributed by atoms with van der Waals surface area (Å²) in [6, 6.07) is 3.74. The molecule has 1 heterocycles. The molecule has 0 radical (unpaired) electrons. The van der Waals surface area contributed by atoms with Crippen molar-refractivity contribution in [1.29, 1.82) is 0 Å². The van der Waals surface area contributed by atoms with Gasteiger partial charge in [0, 0.05) is 17.7 Å². The molecule has 2 nitrogen and oxygen atoms in total. The fraction of sp³-hybridized carbons (Fsp3) is 0.500. The second-order valence-corrected chi connectivity index (χ2v) is 4.19. The molecular weight excluding hydrogens is 210 g/mol. The predicted molar refractivity (Wildman–Crippen MR) is 59.1 cm³/mol. The molecule has 1 aromatic rings. The van der Waals surface area contributed by atoms with Crippen LogP contribution in [0.15, 0.2) is 18.2 Å². The summed E-state index contributed by atoms with van der Waals surface area (Å²) >= 11 is 0. The third-order valence-corrected chi connectivity index (χ3v) is 3.18. The first-order chi connectivity index (χ1) is 7.72. The second kappa shape index (κ2) is 4.89. The molecule has 88 valence electrons. The molecular formula is C12H16F2N2. The van der Waals surface area contributed by atoms with Gasteiger partial charge in [0.15, 0.2) is 0 Å². The molecule has 0 aromatic heterocycles. The van der Waals surface area contributed by atoms with Crippen molar-refractivity contribution in [3.63, 3.8) is 0 Å². The highest BCUT2D eigenvalue weighted by Crippen LogP contribution is 2.28. The Morgan fingerprint density at radius 3 is 2.81 bits per heavy atom.